The summed E-state index contributed by atoms with van der Waals surface area (Å²) in [6.07, 6.45) is 0.943. The van der Waals surface area contributed by atoms with Gasteiger partial charge in [0.05, 0.1) is 21.3 Å². The van der Waals surface area contributed by atoms with Crippen molar-refractivity contribution in [2.75, 3.05) is 21.3 Å². The summed E-state index contributed by atoms with van der Waals surface area (Å²) in [5, 5.41) is 0. The van der Waals surface area contributed by atoms with Crippen LogP contribution >= 0.6 is 0 Å². The number of carbonyl (C=O) groups is 1. The number of hydrogen-bond donors (Lipinski definition) is 0. The Bertz CT molecular complexity index is 634. The number of aryl methyl sites for hydroxylation is 1. The van der Waals surface area contributed by atoms with E-state index in [-0.39, 0.29) is 5.78 Å². The van der Waals surface area contributed by atoms with Gasteiger partial charge in [-0.15, -0.1) is 0 Å². The normalized spacial score (nSPS) is 10.2. The first-order valence-corrected chi connectivity index (χ1v) is 7.08. The van der Waals surface area contributed by atoms with Gasteiger partial charge < -0.3 is 14.2 Å². The molecule has 0 radical (unpaired) electrons. The van der Waals surface area contributed by atoms with Crippen LogP contribution in [-0.4, -0.2) is 27.1 Å². The van der Waals surface area contributed by atoms with Crippen LogP contribution in [0.1, 0.15) is 28.4 Å². The molecule has 22 heavy (non-hydrogen) atoms. The van der Waals surface area contributed by atoms with E-state index >= 15 is 0 Å². The molecule has 4 heteroatoms. The average Bonchev–Trinajstić information content (AvgIpc) is 2.59. The molecule has 0 aliphatic carbocycles. The molecule has 0 atom stereocenters. The molecule has 0 aliphatic heterocycles. The predicted molar refractivity (Wildman–Crippen MR) is 85.4 cm³/mol. The van der Waals surface area contributed by atoms with Crippen molar-refractivity contribution in [2.24, 2.45) is 0 Å². The van der Waals surface area contributed by atoms with Gasteiger partial charge in [-0.25, -0.2) is 0 Å². The Balaban J connectivity index is 2.44. The minimum atomic E-state index is -0.0816. The summed E-state index contributed by atoms with van der Waals surface area (Å²) >= 11 is 0. The molecule has 0 saturated heterocycles. The third kappa shape index (κ3) is 3.06. The van der Waals surface area contributed by atoms with Crippen LogP contribution in [0.5, 0.6) is 17.2 Å². The van der Waals surface area contributed by atoms with Gasteiger partial charge in [-0.05, 0) is 24.1 Å². The molecule has 0 aliphatic rings. The third-order valence-corrected chi connectivity index (χ3v) is 3.55. The van der Waals surface area contributed by atoms with Crippen LogP contribution in [0.25, 0.3) is 0 Å². The molecule has 0 saturated carbocycles. The smallest absolute Gasteiger partial charge is 0.203 e. The van der Waals surface area contributed by atoms with Crippen LogP contribution in [0.2, 0.25) is 0 Å². The van der Waals surface area contributed by atoms with Gasteiger partial charge in [-0.1, -0.05) is 31.2 Å². The minimum Gasteiger partial charge on any atom is -0.493 e. The molecule has 0 bridgehead atoms. The molecule has 0 spiro atoms. The van der Waals surface area contributed by atoms with Crippen molar-refractivity contribution in [1.82, 2.24) is 0 Å². The molecular formula is C18H20O4. The zero-order valence-corrected chi connectivity index (χ0v) is 13.3. The zero-order chi connectivity index (χ0) is 16.1. The second-order valence-corrected chi connectivity index (χ2v) is 4.79. The molecule has 0 heterocycles. The summed E-state index contributed by atoms with van der Waals surface area (Å²) in [5.41, 5.74) is 2.33. The summed E-state index contributed by atoms with van der Waals surface area (Å²) < 4.78 is 15.8. The van der Waals surface area contributed by atoms with E-state index < -0.39 is 0 Å². The van der Waals surface area contributed by atoms with Crippen LogP contribution in [-0.2, 0) is 6.42 Å². The van der Waals surface area contributed by atoms with E-state index in [2.05, 4.69) is 6.92 Å². The van der Waals surface area contributed by atoms with E-state index in [0.29, 0.717) is 28.4 Å². The highest BCUT2D eigenvalue weighted by molar-refractivity contribution is 6.09. The highest BCUT2D eigenvalue weighted by atomic mass is 16.5. The van der Waals surface area contributed by atoms with Crippen molar-refractivity contribution >= 4 is 5.78 Å². The van der Waals surface area contributed by atoms with E-state index in [4.69, 9.17) is 14.2 Å². The lowest BCUT2D eigenvalue weighted by Crippen LogP contribution is -2.04. The van der Waals surface area contributed by atoms with Crippen molar-refractivity contribution in [3.63, 3.8) is 0 Å². The van der Waals surface area contributed by atoms with Gasteiger partial charge in [0.15, 0.2) is 17.3 Å². The van der Waals surface area contributed by atoms with Gasteiger partial charge in [0.2, 0.25) is 5.75 Å². The standard InChI is InChI=1S/C18H20O4/c1-5-12-6-8-13(9-7-12)17(19)14-10-15(20-2)18(22-4)16(11-14)21-3/h6-11H,5H2,1-4H3. The minimum absolute atomic E-state index is 0.0816. The number of hydrogen-bond acceptors (Lipinski definition) is 4. The highest BCUT2D eigenvalue weighted by Crippen LogP contribution is 2.38. The first kappa shape index (κ1) is 15.9. The maximum absolute atomic E-state index is 12.6. The number of carbonyl (C=O) groups excluding carboxylic acids is 1. The second kappa shape index (κ2) is 6.98. The van der Waals surface area contributed by atoms with Crippen LogP contribution in [0, 0.1) is 0 Å². The van der Waals surface area contributed by atoms with Gasteiger partial charge in [0, 0.05) is 11.1 Å². The summed E-state index contributed by atoms with van der Waals surface area (Å²) in [6.45, 7) is 2.08. The van der Waals surface area contributed by atoms with Crippen molar-refractivity contribution in [3.05, 3.63) is 53.1 Å². The molecule has 0 unspecified atom stereocenters. The fraction of sp³-hybridized carbons (Fsp3) is 0.278. The Morgan fingerprint density at radius 2 is 1.41 bits per heavy atom. The first-order chi connectivity index (χ1) is 10.6. The summed E-state index contributed by atoms with van der Waals surface area (Å²) in [4.78, 5) is 12.6. The number of ether oxygens (including phenoxy) is 3. The number of benzene rings is 2. The molecule has 0 amide bonds. The monoisotopic (exact) mass is 300 g/mol. The number of methoxy groups -OCH3 is 3. The van der Waals surface area contributed by atoms with Crippen molar-refractivity contribution in [1.29, 1.82) is 0 Å². The molecule has 0 N–H and O–H groups in total. The fourth-order valence-corrected chi connectivity index (χ4v) is 2.27. The van der Waals surface area contributed by atoms with E-state index in [1.54, 1.807) is 12.1 Å². The van der Waals surface area contributed by atoms with Crippen molar-refractivity contribution < 1.29 is 19.0 Å². The Morgan fingerprint density at radius 1 is 0.864 bits per heavy atom. The van der Waals surface area contributed by atoms with Crippen molar-refractivity contribution in [3.8, 4) is 17.2 Å². The lowest BCUT2D eigenvalue weighted by molar-refractivity contribution is 0.103. The third-order valence-electron chi connectivity index (χ3n) is 3.55. The quantitative estimate of drug-likeness (QED) is 0.766. The molecule has 4 nitrogen and oxygen atoms in total. The summed E-state index contributed by atoms with van der Waals surface area (Å²) in [6, 6.07) is 10.9. The Kier molecular flexibility index (Phi) is 5.04. The SMILES string of the molecule is CCc1ccc(C(=O)c2cc(OC)c(OC)c(OC)c2)cc1. The molecule has 0 fully saturated rings. The maximum Gasteiger partial charge on any atom is 0.203 e. The van der Waals surface area contributed by atoms with Crippen LogP contribution in [0.3, 0.4) is 0 Å². The summed E-state index contributed by atoms with van der Waals surface area (Å²) in [7, 11) is 4.59. The van der Waals surface area contributed by atoms with Gasteiger partial charge in [-0.3, -0.25) is 4.79 Å². The molecule has 0 aromatic heterocycles. The molecule has 2 rings (SSSR count). The van der Waals surface area contributed by atoms with Gasteiger partial charge in [0.1, 0.15) is 0 Å². The topological polar surface area (TPSA) is 44.8 Å². The van der Waals surface area contributed by atoms with Gasteiger partial charge >= 0.3 is 0 Å². The van der Waals surface area contributed by atoms with Gasteiger partial charge in [-0.2, -0.15) is 0 Å². The lowest BCUT2D eigenvalue weighted by Gasteiger charge is -2.13. The largest absolute Gasteiger partial charge is 0.493 e. The molecular weight excluding hydrogens is 280 g/mol. The Labute approximate surface area is 130 Å². The molecule has 2 aromatic rings. The van der Waals surface area contributed by atoms with E-state index in [1.807, 2.05) is 24.3 Å². The fourth-order valence-electron chi connectivity index (χ4n) is 2.27. The van der Waals surface area contributed by atoms with Crippen LogP contribution in [0.4, 0.5) is 0 Å². The molecule has 116 valence electrons. The zero-order valence-electron chi connectivity index (χ0n) is 13.3. The number of ketones is 1. The Morgan fingerprint density at radius 3 is 1.82 bits per heavy atom. The second-order valence-electron chi connectivity index (χ2n) is 4.79. The lowest BCUT2D eigenvalue weighted by atomic mass is 10.0. The van der Waals surface area contributed by atoms with Crippen LogP contribution < -0.4 is 14.2 Å². The van der Waals surface area contributed by atoms with Crippen molar-refractivity contribution in [2.45, 2.75) is 13.3 Å². The predicted octanol–water partition coefficient (Wildman–Crippen LogP) is 3.51. The maximum atomic E-state index is 12.6. The Hall–Kier alpha value is -2.49. The average molecular weight is 300 g/mol. The van der Waals surface area contributed by atoms with Gasteiger partial charge in [0.25, 0.3) is 0 Å². The van der Waals surface area contributed by atoms with E-state index in [0.717, 1.165) is 6.42 Å². The first-order valence-electron chi connectivity index (χ1n) is 7.08. The molecule has 2 aromatic carbocycles. The summed E-state index contributed by atoms with van der Waals surface area (Å²) in [5.74, 6) is 1.33. The highest BCUT2D eigenvalue weighted by Gasteiger charge is 2.17. The van der Waals surface area contributed by atoms with E-state index in [1.165, 1.54) is 26.9 Å². The van der Waals surface area contributed by atoms with E-state index in [9.17, 15) is 4.79 Å². The van der Waals surface area contributed by atoms with Crippen LogP contribution in [0.15, 0.2) is 36.4 Å². The number of rotatable bonds is 6.